The Bertz CT molecular complexity index is 1230. The van der Waals surface area contributed by atoms with Gasteiger partial charge in [-0.05, 0) is 64.2 Å². The quantitative estimate of drug-likeness (QED) is 0.0197. The summed E-state index contributed by atoms with van der Waals surface area (Å²) in [6.45, 7) is 4.02. The maximum absolute atomic E-state index is 12.9. The Kier molecular flexibility index (Phi) is 41.5. The van der Waals surface area contributed by atoms with E-state index in [2.05, 4.69) is 42.3 Å². The summed E-state index contributed by atoms with van der Waals surface area (Å²) in [7, 11) is -5.06. The average Bonchev–Trinajstić information content (AvgIpc) is 3.28. The zero-order valence-corrected chi connectivity index (χ0v) is 42.1. The van der Waals surface area contributed by atoms with Crippen molar-refractivity contribution in [3.8, 4) is 0 Å². The number of carbonyl (C=O) groups is 1. The van der Waals surface area contributed by atoms with Crippen LogP contribution in [0.4, 0.5) is 0 Å². The summed E-state index contributed by atoms with van der Waals surface area (Å²) in [5.74, 6) is -0.400. The number of allylic oxidation sites excluding steroid dienone is 4. The Labute approximate surface area is 397 Å². The molecule has 1 saturated heterocycles. The highest BCUT2D eigenvalue weighted by Gasteiger charge is 2.48. The van der Waals surface area contributed by atoms with Gasteiger partial charge in [0.1, 0.15) is 30.5 Å². The summed E-state index contributed by atoms with van der Waals surface area (Å²) in [6.07, 6.45) is 42.1. The monoisotopic (exact) mass is 947 g/mol. The van der Waals surface area contributed by atoms with Crippen LogP contribution >= 0.6 is 0 Å². The van der Waals surface area contributed by atoms with Crippen molar-refractivity contribution in [3.05, 3.63) is 24.3 Å². The van der Waals surface area contributed by atoms with E-state index in [-0.39, 0.29) is 19.6 Å². The van der Waals surface area contributed by atoms with Crippen LogP contribution in [-0.2, 0) is 38.3 Å². The molecule has 0 aromatic rings. The predicted molar refractivity (Wildman–Crippen MR) is 262 cm³/mol. The zero-order valence-electron chi connectivity index (χ0n) is 41.3. The highest BCUT2D eigenvalue weighted by molar-refractivity contribution is 7.80. The SMILES string of the molecule is CCCCCCCC/C=C\CCCCCCCCCCCCOCC(COC1OC(CO)C(O)C(OS(=O)(=O)O)C1O)OC(=O)CCCCCCCCC/C=C\CCCCCCCCC. The second-order valence-electron chi connectivity index (χ2n) is 18.5. The van der Waals surface area contributed by atoms with Crippen molar-refractivity contribution in [2.75, 3.05) is 26.4 Å². The molecule has 65 heavy (non-hydrogen) atoms. The highest BCUT2D eigenvalue weighted by Crippen LogP contribution is 2.26. The molecule has 0 saturated carbocycles. The number of aliphatic hydroxyl groups is 3. The van der Waals surface area contributed by atoms with E-state index >= 15 is 0 Å². The molecule has 0 aliphatic carbocycles. The first-order valence-electron chi connectivity index (χ1n) is 26.6. The summed E-state index contributed by atoms with van der Waals surface area (Å²) in [5, 5.41) is 30.8. The molecule has 1 fully saturated rings. The predicted octanol–water partition coefficient (Wildman–Crippen LogP) is 12.4. The van der Waals surface area contributed by atoms with Crippen LogP contribution in [0.3, 0.4) is 0 Å². The first kappa shape index (κ1) is 61.6. The van der Waals surface area contributed by atoms with Gasteiger partial charge < -0.3 is 34.3 Å². The molecular weight excluding hydrogens is 849 g/mol. The molecule has 1 heterocycles. The number of ether oxygens (including phenoxy) is 4. The fourth-order valence-corrected chi connectivity index (χ4v) is 8.76. The highest BCUT2D eigenvalue weighted by atomic mass is 32.3. The summed E-state index contributed by atoms with van der Waals surface area (Å²) in [4.78, 5) is 12.9. The van der Waals surface area contributed by atoms with Crippen LogP contribution in [0.25, 0.3) is 0 Å². The van der Waals surface area contributed by atoms with E-state index in [1.807, 2.05) is 0 Å². The van der Waals surface area contributed by atoms with Crippen molar-refractivity contribution in [1.29, 1.82) is 0 Å². The molecule has 12 nitrogen and oxygen atoms in total. The van der Waals surface area contributed by atoms with Gasteiger partial charge in [-0.15, -0.1) is 0 Å². The third-order valence-corrected chi connectivity index (χ3v) is 12.8. The van der Waals surface area contributed by atoms with Crippen molar-refractivity contribution in [1.82, 2.24) is 0 Å². The van der Waals surface area contributed by atoms with Crippen molar-refractivity contribution < 1.29 is 56.2 Å². The molecule has 0 aromatic carbocycles. The molecule has 0 amide bonds. The molecule has 6 atom stereocenters. The minimum Gasteiger partial charge on any atom is -0.457 e. The number of unbranched alkanes of at least 4 members (excludes halogenated alkanes) is 30. The number of hydrogen-bond acceptors (Lipinski definition) is 11. The minimum absolute atomic E-state index is 0.0365. The first-order valence-corrected chi connectivity index (χ1v) is 28.0. The van der Waals surface area contributed by atoms with Crippen LogP contribution < -0.4 is 0 Å². The number of carbonyl (C=O) groups excluding carboxylic acids is 1. The Morgan fingerprint density at radius 2 is 0.969 bits per heavy atom. The molecule has 1 rings (SSSR count). The van der Waals surface area contributed by atoms with E-state index in [0.717, 1.165) is 44.9 Å². The third kappa shape index (κ3) is 37.2. The Hall–Kier alpha value is -1.42. The molecular formula is C52H98O12S. The maximum Gasteiger partial charge on any atom is 0.397 e. The van der Waals surface area contributed by atoms with Gasteiger partial charge in [-0.2, -0.15) is 8.42 Å². The van der Waals surface area contributed by atoms with Crippen LogP contribution in [0, 0.1) is 0 Å². The lowest BCUT2D eigenvalue weighted by Gasteiger charge is -2.41. The lowest BCUT2D eigenvalue weighted by molar-refractivity contribution is -0.301. The zero-order chi connectivity index (χ0) is 47.5. The molecule has 0 bridgehead atoms. The number of esters is 1. The van der Waals surface area contributed by atoms with Gasteiger partial charge in [0.05, 0.1) is 19.8 Å². The van der Waals surface area contributed by atoms with Gasteiger partial charge in [-0.1, -0.05) is 192 Å². The van der Waals surface area contributed by atoms with Crippen LogP contribution in [0.5, 0.6) is 0 Å². The molecule has 13 heteroatoms. The summed E-state index contributed by atoms with van der Waals surface area (Å²) >= 11 is 0. The molecule has 0 aromatic heterocycles. The van der Waals surface area contributed by atoms with Gasteiger partial charge in [0.2, 0.25) is 0 Å². The van der Waals surface area contributed by atoms with E-state index in [1.54, 1.807) is 0 Å². The molecule has 1 aliphatic rings. The van der Waals surface area contributed by atoms with Gasteiger partial charge in [0.25, 0.3) is 0 Å². The molecule has 0 spiro atoms. The lowest BCUT2D eigenvalue weighted by Crippen LogP contribution is -2.60. The minimum atomic E-state index is -5.06. The van der Waals surface area contributed by atoms with Crippen molar-refractivity contribution in [3.63, 3.8) is 0 Å². The second kappa shape index (κ2) is 43.8. The van der Waals surface area contributed by atoms with Crippen LogP contribution in [0.15, 0.2) is 24.3 Å². The van der Waals surface area contributed by atoms with E-state index in [0.29, 0.717) is 13.0 Å². The molecule has 384 valence electrons. The molecule has 4 N–H and O–H groups in total. The Balaban J connectivity index is 2.34. The molecule has 1 aliphatic heterocycles. The van der Waals surface area contributed by atoms with E-state index < -0.39 is 59.8 Å². The third-order valence-electron chi connectivity index (χ3n) is 12.3. The fourth-order valence-electron chi connectivity index (χ4n) is 8.25. The summed E-state index contributed by atoms with van der Waals surface area (Å²) in [5.41, 5.74) is 0. The smallest absolute Gasteiger partial charge is 0.397 e. The van der Waals surface area contributed by atoms with Crippen LogP contribution in [0.2, 0.25) is 0 Å². The van der Waals surface area contributed by atoms with Gasteiger partial charge in [-0.3, -0.25) is 9.35 Å². The number of aliphatic hydroxyl groups excluding tert-OH is 3. The fraction of sp³-hybridized carbons (Fsp3) is 0.904. The lowest BCUT2D eigenvalue weighted by atomic mass is 9.99. The van der Waals surface area contributed by atoms with Crippen LogP contribution in [0.1, 0.15) is 239 Å². The summed E-state index contributed by atoms with van der Waals surface area (Å²) < 4.78 is 59.3. The second-order valence-corrected chi connectivity index (χ2v) is 19.5. The van der Waals surface area contributed by atoms with Gasteiger partial charge in [0.15, 0.2) is 6.29 Å². The first-order chi connectivity index (χ1) is 31.6. The maximum atomic E-state index is 12.9. The topological polar surface area (TPSA) is 178 Å². The number of hydrogen-bond donors (Lipinski definition) is 4. The molecule has 0 radical (unpaired) electrons. The van der Waals surface area contributed by atoms with Crippen molar-refractivity contribution in [2.24, 2.45) is 0 Å². The normalized spacial score (nSPS) is 19.8. The number of rotatable bonds is 47. The average molecular weight is 947 g/mol. The summed E-state index contributed by atoms with van der Waals surface area (Å²) in [6, 6.07) is 0. The van der Waals surface area contributed by atoms with Gasteiger partial charge in [-0.25, -0.2) is 4.18 Å². The van der Waals surface area contributed by atoms with E-state index in [4.69, 9.17) is 18.9 Å². The van der Waals surface area contributed by atoms with Gasteiger partial charge >= 0.3 is 16.4 Å². The van der Waals surface area contributed by atoms with Crippen molar-refractivity contribution in [2.45, 2.75) is 275 Å². The van der Waals surface area contributed by atoms with Crippen LogP contribution in [-0.4, -0.2) is 97.5 Å². The van der Waals surface area contributed by atoms with E-state index in [1.165, 1.54) is 167 Å². The van der Waals surface area contributed by atoms with Gasteiger partial charge in [0, 0.05) is 13.0 Å². The van der Waals surface area contributed by atoms with Crippen molar-refractivity contribution >= 4 is 16.4 Å². The molecule has 6 unspecified atom stereocenters. The standard InChI is InChI=1S/C52H98O12S/c1-3-5-7-9-11-13-15-17-19-21-23-24-26-28-30-32-34-36-38-40-42-60-44-46(45-61-52-50(56)51(64-65(57,58)59)49(55)47(43-53)63-52)62-48(54)41-39-37-35-33-31-29-27-25-22-20-18-16-14-12-10-8-6-4-2/h17,19-20,22,46-47,49-53,55-56H,3-16,18,21,23-45H2,1-2H3,(H,57,58,59)/b19-17-,22-20-. The Morgan fingerprint density at radius 3 is 1.38 bits per heavy atom. The van der Waals surface area contributed by atoms with E-state index in [9.17, 15) is 33.1 Å². The Morgan fingerprint density at radius 1 is 0.569 bits per heavy atom. The largest absolute Gasteiger partial charge is 0.457 e.